The molecule has 0 spiro atoms. The fraction of sp³-hybridized carbons (Fsp3) is 0.273. The van der Waals surface area contributed by atoms with Gasteiger partial charge >= 0.3 is 6.09 Å². The predicted molar refractivity (Wildman–Crippen MR) is 72.9 cm³/mol. The van der Waals surface area contributed by atoms with E-state index in [1.54, 1.807) is 0 Å². The molecule has 1 aliphatic heterocycles. The Balaban J connectivity index is 2.05. The average Bonchev–Trinajstić information content (AvgIpc) is 2.78. The number of ether oxygens (including phenoxy) is 1. The third-order valence-electron chi connectivity index (χ3n) is 2.41. The van der Waals surface area contributed by atoms with Gasteiger partial charge in [-0.15, -0.1) is 0 Å². The number of amides is 1. The minimum Gasteiger partial charge on any atom is -0.453 e. The Morgan fingerprint density at radius 2 is 2.24 bits per heavy atom. The summed E-state index contributed by atoms with van der Waals surface area (Å²) in [5.41, 5.74) is 1.12. The fourth-order valence-electron chi connectivity index (χ4n) is 1.54. The van der Waals surface area contributed by atoms with Gasteiger partial charge in [-0.05, 0) is 40.3 Å². The number of rotatable bonds is 1. The summed E-state index contributed by atoms with van der Waals surface area (Å²) >= 11 is 2.26. The molecule has 0 fully saturated rings. The zero-order chi connectivity index (χ0) is 12.3. The monoisotopic (exact) mass is 345 g/mol. The zero-order valence-corrected chi connectivity index (χ0v) is 11.4. The number of nitrogens with one attached hydrogen (secondary N) is 2. The first-order chi connectivity index (χ1) is 8.19. The van der Waals surface area contributed by atoms with Gasteiger partial charge in [-0.2, -0.15) is 0 Å². The Morgan fingerprint density at radius 1 is 1.53 bits per heavy atom. The molecule has 90 valence electrons. The lowest BCUT2D eigenvalue weighted by atomic mass is 10.1. The van der Waals surface area contributed by atoms with Crippen LogP contribution in [0.2, 0.25) is 0 Å². The molecule has 6 heteroatoms. The normalized spacial score (nSPS) is 18.2. The summed E-state index contributed by atoms with van der Waals surface area (Å²) in [6.45, 7) is 0.680. The van der Waals surface area contributed by atoms with Crippen molar-refractivity contribution in [3.8, 4) is 0 Å². The molecule has 2 rings (SSSR count). The lowest BCUT2D eigenvalue weighted by Crippen LogP contribution is -2.37. The summed E-state index contributed by atoms with van der Waals surface area (Å²) in [7, 11) is 1.32. The first-order valence-corrected chi connectivity index (χ1v) is 6.19. The Labute approximate surface area is 113 Å². The Bertz CT molecular complexity index is 445. The second-order valence-electron chi connectivity index (χ2n) is 3.54. The van der Waals surface area contributed by atoms with Gasteiger partial charge in [0.25, 0.3) is 0 Å². The van der Waals surface area contributed by atoms with Crippen LogP contribution in [0, 0.1) is 3.57 Å². The lowest BCUT2D eigenvalue weighted by molar-refractivity contribution is 0.176. The first kappa shape index (κ1) is 12.2. The maximum Gasteiger partial charge on any atom is 0.413 e. The van der Waals surface area contributed by atoms with E-state index >= 15 is 0 Å². The number of carbonyl (C=O) groups is 1. The summed E-state index contributed by atoms with van der Waals surface area (Å²) in [4.78, 5) is 15.4. The van der Waals surface area contributed by atoms with E-state index in [9.17, 15) is 4.79 Å². The second-order valence-corrected chi connectivity index (χ2v) is 4.79. The Kier molecular flexibility index (Phi) is 3.82. The molecule has 0 saturated carbocycles. The number of nitrogens with zero attached hydrogens (tertiary/aromatic N) is 1. The van der Waals surface area contributed by atoms with E-state index in [-0.39, 0.29) is 6.04 Å². The highest BCUT2D eigenvalue weighted by molar-refractivity contribution is 14.1. The van der Waals surface area contributed by atoms with Crippen LogP contribution < -0.4 is 10.6 Å². The largest absolute Gasteiger partial charge is 0.453 e. The van der Waals surface area contributed by atoms with Crippen molar-refractivity contribution in [2.24, 2.45) is 4.99 Å². The van der Waals surface area contributed by atoms with Gasteiger partial charge in [-0.1, -0.05) is 12.1 Å². The SMILES string of the molecule is COC(=O)NC1=NC(c2ccc(I)cc2)CN1. The lowest BCUT2D eigenvalue weighted by Gasteiger charge is -2.05. The van der Waals surface area contributed by atoms with Crippen LogP contribution in [0.15, 0.2) is 29.3 Å². The number of aliphatic imine (C=N–C) groups is 1. The number of halogens is 1. The molecule has 17 heavy (non-hydrogen) atoms. The summed E-state index contributed by atoms with van der Waals surface area (Å²) in [6, 6.07) is 8.20. The minimum absolute atomic E-state index is 0.0409. The van der Waals surface area contributed by atoms with Crippen LogP contribution in [0.3, 0.4) is 0 Å². The summed E-state index contributed by atoms with van der Waals surface area (Å²) in [5.74, 6) is 0.459. The van der Waals surface area contributed by atoms with Crippen molar-refractivity contribution in [2.75, 3.05) is 13.7 Å². The molecule has 1 aromatic rings. The zero-order valence-electron chi connectivity index (χ0n) is 9.24. The van der Waals surface area contributed by atoms with E-state index in [2.05, 4.69) is 43.0 Å². The first-order valence-electron chi connectivity index (χ1n) is 5.11. The van der Waals surface area contributed by atoms with Crippen LogP contribution in [-0.4, -0.2) is 25.7 Å². The highest BCUT2D eigenvalue weighted by atomic mass is 127. The smallest absolute Gasteiger partial charge is 0.413 e. The molecular formula is C11H12IN3O2. The van der Waals surface area contributed by atoms with Crippen LogP contribution in [0.4, 0.5) is 4.79 Å². The highest BCUT2D eigenvalue weighted by Crippen LogP contribution is 2.20. The van der Waals surface area contributed by atoms with Gasteiger partial charge in [0.2, 0.25) is 5.96 Å². The average molecular weight is 345 g/mol. The quantitative estimate of drug-likeness (QED) is 0.761. The molecule has 0 saturated heterocycles. The van der Waals surface area contributed by atoms with Gasteiger partial charge in [0.05, 0.1) is 13.2 Å². The number of alkyl carbamates (subject to hydrolysis) is 1. The van der Waals surface area contributed by atoms with Gasteiger partial charge in [0, 0.05) is 10.1 Å². The standard InChI is InChI=1S/C11H12IN3O2/c1-17-11(16)15-10-13-6-9(14-10)7-2-4-8(12)5-3-7/h2-5,9H,6H2,1H3,(H2,13,14,15,16). The van der Waals surface area contributed by atoms with E-state index in [4.69, 9.17) is 0 Å². The van der Waals surface area contributed by atoms with Crippen molar-refractivity contribution in [1.29, 1.82) is 0 Å². The van der Waals surface area contributed by atoms with Crippen LogP contribution in [-0.2, 0) is 4.74 Å². The number of benzene rings is 1. The summed E-state index contributed by atoms with van der Waals surface area (Å²) < 4.78 is 5.69. The van der Waals surface area contributed by atoms with Crippen molar-refractivity contribution in [2.45, 2.75) is 6.04 Å². The molecule has 1 unspecified atom stereocenters. The maximum atomic E-state index is 11.0. The van der Waals surface area contributed by atoms with Crippen LogP contribution in [0.5, 0.6) is 0 Å². The van der Waals surface area contributed by atoms with Crippen molar-refractivity contribution in [3.05, 3.63) is 33.4 Å². The topological polar surface area (TPSA) is 62.7 Å². The molecule has 0 aliphatic carbocycles. The number of methoxy groups -OCH3 is 1. The summed E-state index contributed by atoms with van der Waals surface area (Å²) in [5, 5.41) is 5.54. The fourth-order valence-corrected chi connectivity index (χ4v) is 1.90. The van der Waals surface area contributed by atoms with Crippen LogP contribution in [0.1, 0.15) is 11.6 Å². The van der Waals surface area contributed by atoms with Gasteiger partial charge < -0.3 is 10.1 Å². The molecule has 1 heterocycles. The minimum atomic E-state index is -0.514. The van der Waals surface area contributed by atoms with Crippen LogP contribution >= 0.6 is 22.6 Å². The Hall–Kier alpha value is -1.31. The molecule has 0 bridgehead atoms. The molecular weight excluding hydrogens is 333 g/mol. The van der Waals surface area contributed by atoms with E-state index in [1.807, 2.05) is 24.3 Å². The summed E-state index contributed by atoms with van der Waals surface area (Å²) in [6.07, 6.45) is -0.514. The Morgan fingerprint density at radius 3 is 2.88 bits per heavy atom. The van der Waals surface area contributed by atoms with Crippen LogP contribution in [0.25, 0.3) is 0 Å². The highest BCUT2D eigenvalue weighted by Gasteiger charge is 2.19. The van der Waals surface area contributed by atoms with Gasteiger partial charge in [0.15, 0.2) is 0 Å². The maximum absolute atomic E-state index is 11.0. The molecule has 0 aromatic heterocycles. The van der Waals surface area contributed by atoms with Gasteiger partial charge in [-0.3, -0.25) is 5.32 Å². The molecule has 1 amide bonds. The van der Waals surface area contributed by atoms with E-state index in [0.29, 0.717) is 12.5 Å². The number of guanidine groups is 1. The third-order valence-corrected chi connectivity index (χ3v) is 3.13. The second kappa shape index (κ2) is 5.35. The van der Waals surface area contributed by atoms with Crippen molar-refractivity contribution in [1.82, 2.24) is 10.6 Å². The molecule has 5 nitrogen and oxygen atoms in total. The van der Waals surface area contributed by atoms with E-state index in [0.717, 1.165) is 5.56 Å². The number of hydrogen-bond donors (Lipinski definition) is 2. The number of hydrogen-bond acceptors (Lipinski definition) is 4. The van der Waals surface area contributed by atoms with Crippen molar-refractivity contribution >= 4 is 34.6 Å². The molecule has 2 N–H and O–H groups in total. The van der Waals surface area contributed by atoms with Gasteiger partial charge in [0.1, 0.15) is 0 Å². The van der Waals surface area contributed by atoms with E-state index < -0.39 is 6.09 Å². The van der Waals surface area contributed by atoms with Crippen molar-refractivity contribution in [3.63, 3.8) is 0 Å². The number of carbonyl (C=O) groups excluding carboxylic acids is 1. The third kappa shape index (κ3) is 3.09. The molecule has 0 radical (unpaired) electrons. The molecule has 1 aliphatic rings. The van der Waals surface area contributed by atoms with Gasteiger partial charge in [-0.25, -0.2) is 9.79 Å². The van der Waals surface area contributed by atoms with E-state index in [1.165, 1.54) is 10.7 Å². The molecule has 1 atom stereocenters. The predicted octanol–water partition coefficient (Wildman–Crippen LogP) is 1.65. The van der Waals surface area contributed by atoms with Crippen molar-refractivity contribution < 1.29 is 9.53 Å². The molecule has 1 aromatic carbocycles.